The van der Waals surface area contributed by atoms with Gasteiger partial charge in [0.15, 0.2) is 0 Å². The number of para-hydroxylation sites is 1. The largest absolute Gasteiger partial charge is 0.495 e. The zero-order valence-corrected chi connectivity index (χ0v) is 17.8. The first-order valence-corrected chi connectivity index (χ1v) is 10.4. The minimum Gasteiger partial charge on any atom is -0.495 e. The molecule has 29 heavy (non-hydrogen) atoms. The summed E-state index contributed by atoms with van der Waals surface area (Å²) in [5.41, 5.74) is 2.99. The number of sulfonamides is 1. The van der Waals surface area contributed by atoms with Gasteiger partial charge >= 0.3 is 0 Å². The number of amides is 1. The number of nitrogens with zero attached hydrogens (tertiary/aromatic N) is 2. The zero-order chi connectivity index (χ0) is 21.4. The highest BCUT2D eigenvalue weighted by atomic mass is 35.5. The van der Waals surface area contributed by atoms with Crippen molar-refractivity contribution in [3.8, 4) is 11.5 Å². The number of rotatable bonds is 9. The van der Waals surface area contributed by atoms with Crippen LogP contribution >= 0.6 is 11.6 Å². The lowest BCUT2D eigenvalue weighted by Gasteiger charge is -2.16. The first kappa shape index (κ1) is 22.7. The third-order valence-corrected chi connectivity index (χ3v) is 5.90. The van der Waals surface area contributed by atoms with Crippen molar-refractivity contribution in [1.82, 2.24) is 9.73 Å². The second-order valence-corrected chi connectivity index (χ2v) is 8.27. The average Bonchev–Trinajstić information content (AvgIpc) is 2.69. The Bertz CT molecular complexity index is 995. The second kappa shape index (κ2) is 10.2. The molecule has 1 amide bonds. The summed E-state index contributed by atoms with van der Waals surface area (Å²) in [6.07, 6.45) is 1.43. The SMILES string of the molecule is CCOc1ccccc1/C=N/NC(=O)CN(C)S(=O)(=O)c1ccc(OC)c(Cl)c1. The Balaban J connectivity index is 2.02. The number of ether oxygens (including phenoxy) is 2. The topological polar surface area (TPSA) is 97.3 Å². The Morgan fingerprint density at radius 2 is 1.97 bits per heavy atom. The van der Waals surface area contributed by atoms with Crippen molar-refractivity contribution in [2.45, 2.75) is 11.8 Å². The van der Waals surface area contributed by atoms with E-state index in [-0.39, 0.29) is 9.92 Å². The Kier molecular flexibility index (Phi) is 8.00. The van der Waals surface area contributed by atoms with Gasteiger partial charge in [-0.15, -0.1) is 0 Å². The Morgan fingerprint density at radius 1 is 1.24 bits per heavy atom. The maximum atomic E-state index is 12.6. The minimum atomic E-state index is -3.91. The highest BCUT2D eigenvalue weighted by molar-refractivity contribution is 7.89. The van der Waals surface area contributed by atoms with Crippen molar-refractivity contribution >= 4 is 33.7 Å². The summed E-state index contributed by atoms with van der Waals surface area (Å²) < 4.78 is 36.6. The summed E-state index contributed by atoms with van der Waals surface area (Å²) in [6, 6.07) is 11.3. The maximum Gasteiger partial charge on any atom is 0.255 e. The molecule has 2 aromatic carbocycles. The van der Waals surface area contributed by atoms with Gasteiger partial charge in [-0.05, 0) is 37.3 Å². The van der Waals surface area contributed by atoms with Crippen molar-refractivity contribution in [3.05, 3.63) is 53.1 Å². The number of benzene rings is 2. The van der Waals surface area contributed by atoms with Crippen LogP contribution in [0.1, 0.15) is 12.5 Å². The number of carbonyl (C=O) groups excluding carboxylic acids is 1. The van der Waals surface area contributed by atoms with Gasteiger partial charge in [-0.1, -0.05) is 23.7 Å². The van der Waals surface area contributed by atoms with E-state index in [0.717, 1.165) is 4.31 Å². The lowest BCUT2D eigenvalue weighted by Crippen LogP contribution is -2.36. The van der Waals surface area contributed by atoms with Gasteiger partial charge in [-0.2, -0.15) is 9.41 Å². The molecule has 0 bridgehead atoms. The molecule has 2 rings (SSSR count). The summed E-state index contributed by atoms with van der Waals surface area (Å²) in [7, 11) is -1.19. The molecule has 0 aliphatic rings. The molecule has 8 nitrogen and oxygen atoms in total. The van der Waals surface area contributed by atoms with Gasteiger partial charge in [-0.3, -0.25) is 4.79 Å². The molecule has 10 heteroatoms. The number of likely N-dealkylation sites (N-methyl/N-ethyl adjacent to an activating group) is 1. The van der Waals surface area contributed by atoms with Gasteiger partial charge in [0, 0.05) is 12.6 Å². The number of methoxy groups -OCH3 is 1. The Morgan fingerprint density at radius 3 is 2.62 bits per heavy atom. The highest BCUT2D eigenvalue weighted by Gasteiger charge is 2.23. The number of carbonyl (C=O) groups is 1. The van der Waals surface area contributed by atoms with Gasteiger partial charge in [-0.25, -0.2) is 13.8 Å². The highest BCUT2D eigenvalue weighted by Crippen LogP contribution is 2.28. The van der Waals surface area contributed by atoms with E-state index < -0.39 is 22.5 Å². The van der Waals surface area contributed by atoms with Crippen LogP contribution in [-0.4, -0.2) is 52.2 Å². The van der Waals surface area contributed by atoms with E-state index in [0.29, 0.717) is 23.7 Å². The third kappa shape index (κ3) is 5.93. The number of nitrogens with one attached hydrogen (secondary N) is 1. The van der Waals surface area contributed by atoms with E-state index >= 15 is 0 Å². The molecule has 1 N–H and O–H groups in total. The van der Waals surface area contributed by atoms with Crippen LogP contribution in [0.15, 0.2) is 52.5 Å². The molecule has 0 aliphatic heterocycles. The first-order valence-electron chi connectivity index (χ1n) is 8.63. The first-order chi connectivity index (χ1) is 13.8. The zero-order valence-electron chi connectivity index (χ0n) is 16.3. The number of hydrazone groups is 1. The minimum absolute atomic E-state index is 0.0484. The predicted molar refractivity (Wildman–Crippen MR) is 111 cm³/mol. The van der Waals surface area contributed by atoms with E-state index in [1.165, 1.54) is 38.6 Å². The Labute approximate surface area is 175 Å². The average molecular weight is 440 g/mol. The lowest BCUT2D eigenvalue weighted by atomic mass is 10.2. The van der Waals surface area contributed by atoms with Gasteiger partial charge < -0.3 is 9.47 Å². The Hall–Kier alpha value is -2.62. The van der Waals surface area contributed by atoms with Crippen LogP contribution in [0, 0.1) is 0 Å². The summed E-state index contributed by atoms with van der Waals surface area (Å²) in [5.74, 6) is 0.387. The van der Waals surface area contributed by atoms with Crippen molar-refractivity contribution in [3.63, 3.8) is 0 Å². The summed E-state index contributed by atoms with van der Waals surface area (Å²) >= 11 is 5.99. The van der Waals surface area contributed by atoms with Gasteiger partial charge in [0.05, 0.1) is 36.4 Å². The van der Waals surface area contributed by atoms with E-state index in [1.54, 1.807) is 12.1 Å². The monoisotopic (exact) mass is 439 g/mol. The predicted octanol–water partition coefficient (Wildman–Crippen LogP) is 2.52. The fraction of sp³-hybridized carbons (Fsp3) is 0.263. The molecular formula is C19H22ClN3O5S. The maximum absolute atomic E-state index is 12.6. The molecule has 156 valence electrons. The molecule has 0 radical (unpaired) electrons. The molecule has 0 aromatic heterocycles. The number of halogens is 1. The molecule has 0 fully saturated rings. The van der Waals surface area contributed by atoms with Crippen LogP contribution in [0.3, 0.4) is 0 Å². The molecule has 0 saturated carbocycles. The molecule has 2 aromatic rings. The summed E-state index contributed by atoms with van der Waals surface area (Å²) in [6.45, 7) is 1.94. The van der Waals surface area contributed by atoms with E-state index in [2.05, 4.69) is 10.5 Å². The van der Waals surface area contributed by atoms with Crippen LogP contribution in [0.5, 0.6) is 11.5 Å². The standard InChI is InChI=1S/C19H22ClN3O5S/c1-4-28-17-8-6-5-7-14(17)12-21-22-19(24)13-23(2)29(25,26)15-9-10-18(27-3)16(20)11-15/h5-12H,4,13H2,1-3H3,(H,22,24)/b21-12+. The number of hydrogen-bond donors (Lipinski definition) is 1. The quantitative estimate of drug-likeness (QED) is 0.478. The van der Waals surface area contributed by atoms with Crippen molar-refractivity contribution in [1.29, 1.82) is 0 Å². The summed E-state index contributed by atoms with van der Waals surface area (Å²) in [5, 5.41) is 4.02. The molecule has 0 atom stereocenters. The van der Waals surface area contributed by atoms with Crippen LogP contribution in [-0.2, 0) is 14.8 Å². The third-order valence-electron chi connectivity index (χ3n) is 3.81. The molecule has 0 aliphatic carbocycles. The van der Waals surface area contributed by atoms with Gasteiger partial charge in [0.25, 0.3) is 5.91 Å². The van der Waals surface area contributed by atoms with Crippen LogP contribution < -0.4 is 14.9 Å². The normalized spacial score (nSPS) is 11.6. The molecular weight excluding hydrogens is 418 g/mol. The molecule has 0 spiro atoms. The van der Waals surface area contributed by atoms with Gasteiger partial charge in [0.1, 0.15) is 11.5 Å². The van der Waals surface area contributed by atoms with E-state index in [1.807, 2.05) is 19.1 Å². The smallest absolute Gasteiger partial charge is 0.255 e. The van der Waals surface area contributed by atoms with Gasteiger partial charge in [0.2, 0.25) is 10.0 Å². The molecule has 0 unspecified atom stereocenters. The molecule has 0 heterocycles. The summed E-state index contributed by atoms with van der Waals surface area (Å²) in [4.78, 5) is 12.0. The second-order valence-electron chi connectivity index (χ2n) is 5.82. The van der Waals surface area contributed by atoms with Crippen LogP contribution in [0.4, 0.5) is 0 Å². The lowest BCUT2D eigenvalue weighted by molar-refractivity contribution is -0.121. The van der Waals surface area contributed by atoms with Crippen molar-refractivity contribution in [2.75, 3.05) is 27.3 Å². The van der Waals surface area contributed by atoms with E-state index in [4.69, 9.17) is 21.1 Å². The van der Waals surface area contributed by atoms with E-state index in [9.17, 15) is 13.2 Å². The van der Waals surface area contributed by atoms with Crippen LogP contribution in [0.2, 0.25) is 5.02 Å². The fourth-order valence-electron chi connectivity index (χ4n) is 2.36. The van der Waals surface area contributed by atoms with Crippen molar-refractivity contribution < 1.29 is 22.7 Å². The number of hydrogen-bond acceptors (Lipinski definition) is 6. The molecule has 0 saturated heterocycles. The van der Waals surface area contributed by atoms with Crippen molar-refractivity contribution in [2.24, 2.45) is 5.10 Å². The van der Waals surface area contributed by atoms with Crippen LogP contribution in [0.25, 0.3) is 0 Å². The fourth-order valence-corrected chi connectivity index (χ4v) is 3.83.